The average Bonchev–Trinajstić information content (AvgIpc) is 2.21. The van der Waals surface area contributed by atoms with Gasteiger partial charge in [-0.05, 0) is 26.6 Å². The summed E-state index contributed by atoms with van der Waals surface area (Å²) in [5.74, 6) is 1.42. The Kier molecular flexibility index (Phi) is 5.97. The van der Waals surface area contributed by atoms with Gasteiger partial charge in [-0.1, -0.05) is 0 Å². The van der Waals surface area contributed by atoms with E-state index in [4.69, 9.17) is 4.74 Å². The van der Waals surface area contributed by atoms with E-state index in [1.807, 2.05) is 11.8 Å². The Hall–Kier alpha value is 0.230. The lowest BCUT2D eigenvalue weighted by Gasteiger charge is -2.33. The minimum atomic E-state index is -0.178. The molecule has 1 N–H and O–H groups in total. The minimum Gasteiger partial charge on any atom is -0.393 e. The molecule has 1 saturated heterocycles. The number of aliphatic hydroxyl groups excluding tert-OH is 1. The van der Waals surface area contributed by atoms with Crippen LogP contribution in [0.5, 0.6) is 0 Å². The summed E-state index contributed by atoms with van der Waals surface area (Å²) in [5.41, 5.74) is 0. The van der Waals surface area contributed by atoms with E-state index < -0.39 is 0 Å². The molecular formula is C11H23NO2S. The highest BCUT2D eigenvalue weighted by molar-refractivity contribution is 7.98. The standard InChI is InChI=1S/C11H23NO2S/c1-9(8-15-3)12(2)6-10-7-14-5-4-11(10)13/h9-11,13H,4-8H2,1-3H3. The van der Waals surface area contributed by atoms with Gasteiger partial charge in [-0.3, -0.25) is 0 Å². The maximum atomic E-state index is 9.82. The number of aliphatic hydroxyl groups is 1. The highest BCUT2D eigenvalue weighted by atomic mass is 32.2. The van der Waals surface area contributed by atoms with Crippen LogP contribution in [-0.2, 0) is 4.74 Å². The van der Waals surface area contributed by atoms with Crippen LogP contribution in [0.3, 0.4) is 0 Å². The Morgan fingerprint density at radius 2 is 2.33 bits per heavy atom. The van der Waals surface area contributed by atoms with Gasteiger partial charge in [0.25, 0.3) is 0 Å². The number of nitrogens with zero attached hydrogens (tertiary/aromatic N) is 1. The normalized spacial score (nSPS) is 29.4. The molecular weight excluding hydrogens is 210 g/mol. The Labute approximate surface area is 97.2 Å². The lowest BCUT2D eigenvalue weighted by molar-refractivity contribution is -0.0465. The Morgan fingerprint density at radius 1 is 1.60 bits per heavy atom. The molecule has 3 nitrogen and oxygen atoms in total. The SMILES string of the molecule is CSCC(C)N(C)CC1COCCC1O. The Bertz CT molecular complexity index is 180. The first kappa shape index (κ1) is 13.3. The predicted molar refractivity (Wildman–Crippen MR) is 65.4 cm³/mol. The lowest BCUT2D eigenvalue weighted by atomic mass is 9.98. The molecule has 3 atom stereocenters. The fourth-order valence-corrected chi connectivity index (χ4v) is 2.62. The van der Waals surface area contributed by atoms with Crippen LogP contribution in [0.1, 0.15) is 13.3 Å². The van der Waals surface area contributed by atoms with Gasteiger partial charge in [-0.15, -0.1) is 0 Å². The molecule has 0 bridgehead atoms. The maximum Gasteiger partial charge on any atom is 0.0624 e. The first-order valence-electron chi connectivity index (χ1n) is 5.60. The van der Waals surface area contributed by atoms with Gasteiger partial charge in [0.1, 0.15) is 0 Å². The molecule has 1 aliphatic heterocycles. The third-order valence-corrected chi connectivity index (χ3v) is 3.93. The molecule has 1 aliphatic rings. The molecule has 15 heavy (non-hydrogen) atoms. The molecule has 1 rings (SSSR count). The van der Waals surface area contributed by atoms with Gasteiger partial charge in [0.15, 0.2) is 0 Å². The third kappa shape index (κ3) is 4.31. The number of ether oxygens (including phenoxy) is 1. The third-order valence-electron chi connectivity index (χ3n) is 3.12. The van der Waals surface area contributed by atoms with E-state index in [1.165, 1.54) is 0 Å². The molecule has 0 aromatic rings. The van der Waals surface area contributed by atoms with Crippen molar-refractivity contribution < 1.29 is 9.84 Å². The molecule has 1 fully saturated rings. The Morgan fingerprint density at radius 3 is 2.93 bits per heavy atom. The van der Waals surface area contributed by atoms with E-state index in [0.717, 1.165) is 18.7 Å². The van der Waals surface area contributed by atoms with Crippen molar-refractivity contribution in [2.45, 2.75) is 25.5 Å². The molecule has 0 aliphatic carbocycles. The molecule has 0 aromatic carbocycles. The van der Waals surface area contributed by atoms with E-state index in [9.17, 15) is 5.11 Å². The van der Waals surface area contributed by atoms with Crippen molar-refractivity contribution in [2.75, 3.05) is 38.8 Å². The largest absolute Gasteiger partial charge is 0.393 e. The molecule has 90 valence electrons. The average molecular weight is 233 g/mol. The summed E-state index contributed by atoms with van der Waals surface area (Å²) < 4.78 is 5.40. The van der Waals surface area contributed by atoms with Crippen LogP contribution >= 0.6 is 11.8 Å². The van der Waals surface area contributed by atoms with E-state index in [2.05, 4.69) is 25.1 Å². The van der Waals surface area contributed by atoms with Crippen LogP contribution in [0, 0.1) is 5.92 Å². The smallest absolute Gasteiger partial charge is 0.0624 e. The van der Waals surface area contributed by atoms with Gasteiger partial charge in [0, 0.05) is 30.9 Å². The molecule has 4 heteroatoms. The van der Waals surface area contributed by atoms with Gasteiger partial charge in [0.2, 0.25) is 0 Å². The zero-order valence-corrected chi connectivity index (χ0v) is 10.8. The number of rotatable bonds is 5. The molecule has 0 aromatic heterocycles. The summed E-state index contributed by atoms with van der Waals surface area (Å²) in [4.78, 5) is 2.32. The summed E-state index contributed by atoms with van der Waals surface area (Å²) in [6.07, 6.45) is 2.74. The molecule has 0 saturated carbocycles. The monoisotopic (exact) mass is 233 g/mol. The maximum absolute atomic E-state index is 9.82. The Balaban J connectivity index is 2.32. The molecule has 3 unspecified atom stereocenters. The molecule has 0 amide bonds. The second kappa shape index (κ2) is 6.74. The van der Waals surface area contributed by atoms with Crippen LogP contribution in [0.15, 0.2) is 0 Å². The van der Waals surface area contributed by atoms with Crippen molar-refractivity contribution in [3.63, 3.8) is 0 Å². The fraction of sp³-hybridized carbons (Fsp3) is 1.00. The van der Waals surface area contributed by atoms with Gasteiger partial charge in [-0.25, -0.2) is 0 Å². The molecule has 1 heterocycles. The van der Waals surface area contributed by atoms with E-state index in [-0.39, 0.29) is 12.0 Å². The second-order valence-electron chi connectivity index (χ2n) is 4.43. The van der Waals surface area contributed by atoms with Crippen LogP contribution in [0.4, 0.5) is 0 Å². The first-order valence-corrected chi connectivity index (χ1v) is 6.99. The molecule has 0 spiro atoms. The summed E-state index contributed by atoms with van der Waals surface area (Å²) in [7, 11) is 2.13. The van der Waals surface area contributed by atoms with E-state index in [0.29, 0.717) is 19.3 Å². The van der Waals surface area contributed by atoms with E-state index >= 15 is 0 Å². The van der Waals surface area contributed by atoms with Crippen molar-refractivity contribution in [3.05, 3.63) is 0 Å². The van der Waals surface area contributed by atoms with Crippen LogP contribution in [-0.4, -0.2) is 61.0 Å². The van der Waals surface area contributed by atoms with Crippen LogP contribution < -0.4 is 0 Å². The predicted octanol–water partition coefficient (Wildman–Crippen LogP) is 1.07. The van der Waals surface area contributed by atoms with E-state index in [1.54, 1.807) is 0 Å². The van der Waals surface area contributed by atoms with Crippen molar-refractivity contribution in [3.8, 4) is 0 Å². The summed E-state index contributed by atoms with van der Waals surface area (Å²) in [5, 5.41) is 9.82. The number of hydrogen-bond donors (Lipinski definition) is 1. The van der Waals surface area contributed by atoms with Crippen LogP contribution in [0.25, 0.3) is 0 Å². The zero-order chi connectivity index (χ0) is 11.3. The highest BCUT2D eigenvalue weighted by Crippen LogP contribution is 2.17. The topological polar surface area (TPSA) is 32.7 Å². The number of hydrogen-bond acceptors (Lipinski definition) is 4. The van der Waals surface area contributed by atoms with Gasteiger partial charge >= 0.3 is 0 Å². The van der Waals surface area contributed by atoms with Crippen molar-refractivity contribution in [1.29, 1.82) is 0 Å². The van der Waals surface area contributed by atoms with Gasteiger partial charge in [-0.2, -0.15) is 11.8 Å². The molecule has 0 radical (unpaired) electrons. The highest BCUT2D eigenvalue weighted by Gasteiger charge is 2.25. The quantitative estimate of drug-likeness (QED) is 0.770. The number of thioether (sulfide) groups is 1. The second-order valence-corrected chi connectivity index (χ2v) is 5.35. The lowest BCUT2D eigenvalue weighted by Crippen LogP contribution is -2.43. The van der Waals surface area contributed by atoms with Crippen molar-refractivity contribution in [1.82, 2.24) is 4.90 Å². The minimum absolute atomic E-state index is 0.178. The van der Waals surface area contributed by atoms with Gasteiger partial charge < -0.3 is 14.7 Å². The first-order chi connectivity index (χ1) is 7.15. The zero-order valence-electron chi connectivity index (χ0n) is 9.98. The van der Waals surface area contributed by atoms with Gasteiger partial charge in [0.05, 0.1) is 12.7 Å². The van der Waals surface area contributed by atoms with Crippen molar-refractivity contribution in [2.24, 2.45) is 5.92 Å². The van der Waals surface area contributed by atoms with Crippen LogP contribution in [0.2, 0.25) is 0 Å². The fourth-order valence-electron chi connectivity index (χ4n) is 1.88. The summed E-state index contributed by atoms with van der Waals surface area (Å²) >= 11 is 1.87. The van der Waals surface area contributed by atoms with Crippen molar-refractivity contribution >= 4 is 11.8 Å². The summed E-state index contributed by atoms with van der Waals surface area (Å²) in [6.45, 7) is 4.58. The summed E-state index contributed by atoms with van der Waals surface area (Å²) in [6, 6.07) is 0.564.